The molecule has 3 aromatic rings. The summed E-state index contributed by atoms with van der Waals surface area (Å²) in [7, 11) is 0. The number of aromatic nitrogens is 1. The van der Waals surface area contributed by atoms with Crippen LogP contribution in [-0.2, 0) is 33.3 Å². The summed E-state index contributed by atoms with van der Waals surface area (Å²) >= 11 is 2.69. The lowest BCUT2D eigenvalue weighted by Gasteiger charge is -2.05. The van der Waals surface area contributed by atoms with E-state index >= 15 is 0 Å². The van der Waals surface area contributed by atoms with Gasteiger partial charge in [0.15, 0.2) is 11.1 Å². The van der Waals surface area contributed by atoms with Crippen LogP contribution in [0.2, 0.25) is 0 Å². The predicted octanol–water partition coefficient (Wildman–Crippen LogP) is 4.78. The van der Waals surface area contributed by atoms with Gasteiger partial charge in [-0.25, -0.2) is 14.9 Å². The van der Waals surface area contributed by atoms with E-state index in [1.165, 1.54) is 30.3 Å². The van der Waals surface area contributed by atoms with Crippen molar-refractivity contribution in [2.24, 2.45) is 16.5 Å². The zero-order valence-electron chi connectivity index (χ0n) is 18.9. The second-order valence-corrected chi connectivity index (χ2v) is 9.01. The number of benzene rings is 2. The molecule has 1 aromatic heterocycles. The Balaban J connectivity index is 0.00000408. The minimum absolute atomic E-state index is 0. The van der Waals surface area contributed by atoms with E-state index < -0.39 is 0 Å². The van der Waals surface area contributed by atoms with Crippen LogP contribution in [-0.4, -0.2) is 23.5 Å². The van der Waals surface area contributed by atoms with Gasteiger partial charge in [-0.1, -0.05) is 24.3 Å². The van der Waals surface area contributed by atoms with Crippen LogP contribution in [0, 0.1) is 0 Å². The molecule has 1 heterocycles. The molecule has 182 valence electrons. The van der Waals surface area contributed by atoms with Gasteiger partial charge in [-0.3, -0.25) is 4.79 Å². The van der Waals surface area contributed by atoms with E-state index in [4.69, 9.17) is 20.7 Å². The number of nitrogens with zero attached hydrogens (tertiary/aromatic N) is 2. The second-order valence-electron chi connectivity index (χ2n) is 7.15. The fourth-order valence-electron chi connectivity index (χ4n) is 3.03. The van der Waals surface area contributed by atoms with Crippen molar-refractivity contribution in [3.05, 3.63) is 70.2 Å². The third-order valence-electron chi connectivity index (χ3n) is 4.49. The number of hydrogen-bond acceptors (Lipinski definition) is 7. The molecule has 11 heteroatoms. The number of nitrogens with one attached hydrogen (secondary N) is 1. The van der Waals surface area contributed by atoms with Crippen LogP contribution in [0.5, 0.6) is 0 Å². The van der Waals surface area contributed by atoms with Gasteiger partial charge in [0.1, 0.15) is 0 Å². The number of anilines is 1. The highest BCUT2D eigenvalue weighted by molar-refractivity contribution is 7.94. The van der Waals surface area contributed by atoms with Crippen LogP contribution in [0.4, 0.5) is 10.8 Å². The Labute approximate surface area is 213 Å². The molecule has 5 N–H and O–H groups in total. The average molecular weight is 522 g/mol. The highest BCUT2D eigenvalue weighted by Gasteiger charge is 2.13. The standard InChI is InChI=1S/C23H27N5O3S2.ClH/c1-3-30-31-33-19-11-6-17(7-12-19)14-21-20(28-23(32-21)26-15(2)29)13-8-16-4-9-18(10-5-16)27-22(24)25;/h4-7,9-12H,3,8,13-14H2,1-2H3,(H4,24,25,27)(H,26,28,29);1H. The molecule has 0 aliphatic rings. The molecule has 2 aromatic carbocycles. The van der Waals surface area contributed by atoms with Gasteiger partial charge in [0, 0.05) is 23.1 Å². The maximum atomic E-state index is 11.5. The smallest absolute Gasteiger partial charge is 0.223 e. The summed E-state index contributed by atoms with van der Waals surface area (Å²) in [5, 5.41) is 3.43. The van der Waals surface area contributed by atoms with E-state index in [0.29, 0.717) is 17.4 Å². The minimum Gasteiger partial charge on any atom is -0.370 e. The number of thiazole rings is 1. The Morgan fingerprint density at radius 3 is 2.38 bits per heavy atom. The molecule has 0 radical (unpaired) electrons. The summed E-state index contributed by atoms with van der Waals surface area (Å²) < 4.78 is 5.04. The van der Waals surface area contributed by atoms with Crippen molar-refractivity contribution in [3.63, 3.8) is 0 Å². The molecule has 34 heavy (non-hydrogen) atoms. The van der Waals surface area contributed by atoms with Gasteiger partial charge in [0.05, 0.1) is 30.0 Å². The molecule has 0 unspecified atom stereocenters. The normalized spacial score (nSPS) is 10.4. The Morgan fingerprint density at radius 1 is 1.09 bits per heavy atom. The van der Waals surface area contributed by atoms with E-state index in [1.807, 2.05) is 43.3 Å². The van der Waals surface area contributed by atoms with Crippen LogP contribution in [0.15, 0.2) is 58.4 Å². The van der Waals surface area contributed by atoms with Crippen molar-refractivity contribution in [3.8, 4) is 0 Å². The lowest BCUT2D eigenvalue weighted by molar-refractivity contribution is -0.185. The first-order chi connectivity index (χ1) is 15.9. The first-order valence-electron chi connectivity index (χ1n) is 10.4. The van der Waals surface area contributed by atoms with Crippen LogP contribution >= 0.6 is 35.8 Å². The second kappa shape index (κ2) is 13.9. The van der Waals surface area contributed by atoms with Crippen molar-refractivity contribution < 1.29 is 14.0 Å². The Bertz CT molecular complexity index is 1080. The number of guanidine groups is 1. The summed E-state index contributed by atoms with van der Waals surface area (Å²) in [4.78, 5) is 27.2. The molecule has 3 rings (SSSR count). The average Bonchev–Trinajstić information content (AvgIpc) is 3.14. The number of hydrogen-bond donors (Lipinski definition) is 3. The molecule has 0 aliphatic carbocycles. The lowest BCUT2D eigenvalue weighted by atomic mass is 10.0. The highest BCUT2D eigenvalue weighted by atomic mass is 35.5. The number of aliphatic imine (C=N–C) groups is 1. The SMILES string of the molecule is CCOOSc1ccc(Cc2sc(NC(C)=O)nc2CCc2ccc(N=C(N)N)cc2)cc1.Cl. The van der Waals surface area contributed by atoms with E-state index in [1.54, 1.807) is 0 Å². The Morgan fingerprint density at radius 2 is 1.76 bits per heavy atom. The van der Waals surface area contributed by atoms with E-state index in [0.717, 1.165) is 45.9 Å². The first kappa shape index (κ1) is 27.6. The van der Waals surface area contributed by atoms with Gasteiger partial charge < -0.3 is 16.8 Å². The van der Waals surface area contributed by atoms with Gasteiger partial charge in [0.2, 0.25) is 5.91 Å². The topological polar surface area (TPSA) is 125 Å². The summed E-state index contributed by atoms with van der Waals surface area (Å²) in [6.07, 6.45) is 2.29. The van der Waals surface area contributed by atoms with Crippen LogP contribution in [0.25, 0.3) is 0 Å². The maximum absolute atomic E-state index is 11.5. The van der Waals surface area contributed by atoms with Gasteiger partial charge in [-0.2, -0.15) is 4.33 Å². The fraction of sp³-hybridized carbons (Fsp3) is 0.261. The molecule has 1 amide bonds. The molecule has 0 bridgehead atoms. The number of nitrogens with two attached hydrogens (primary N) is 2. The number of carbonyl (C=O) groups excluding carboxylic acids is 1. The van der Waals surface area contributed by atoms with E-state index in [9.17, 15) is 4.79 Å². The third kappa shape index (κ3) is 8.96. The van der Waals surface area contributed by atoms with Gasteiger partial charge >= 0.3 is 0 Å². The number of halogens is 1. The van der Waals surface area contributed by atoms with E-state index in [-0.39, 0.29) is 24.3 Å². The molecule has 0 atom stereocenters. The number of amides is 1. The monoisotopic (exact) mass is 521 g/mol. The predicted molar refractivity (Wildman–Crippen MR) is 141 cm³/mol. The molecule has 0 saturated carbocycles. The van der Waals surface area contributed by atoms with Crippen molar-refractivity contribution in [2.45, 2.75) is 38.0 Å². The van der Waals surface area contributed by atoms with Crippen molar-refractivity contribution in [1.29, 1.82) is 0 Å². The molecule has 8 nitrogen and oxygen atoms in total. The largest absolute Gasteiger partial charge is 0.370 e. The lowest BCUT2D eigenvalue weighted by Crippen LogP contribution is -2.21. The van der Waals surface area contributed by atoms with Crippen molar-refractivity contribution >= 4 is 58.5 Å². The number of rotatable bonds is 11. The Kier molecular flexibility index (Phi) is 11.3. The molecular weight excluding hydrogens is 494 g/mol. The van der Waals surface area contributed by atoms with Crippen molar-refractivity contribution in [2.75, 3.05) is 11.9 Å². The molecule has 0 saturated heterocycles. The van der Waals surface area contributed by atoms with Gasteiger partial charge in [-0.05, 0) is 55.2 Å². The fourth-order valence-corrected chi connectivity index (χ4v) is 4.59. The maximum Gasteiger partial charge on any atom is 0.223 e. The quantitative estimate of drug-likeness (QED) is 0.0827. The molecule has 0 aliphatic heterocycles. The number of carbonyl (C=O) groups is 1. The third-order valence-corrected chi connectivity index (χ3v) is 6.13. The van der Waals surface area contributed by atoms with Crippen LogP contribution < -0.4 is 16.8 Å². The molecular formula is C23H28ClN5O3S2. The summed E-state index contributed by atoms with van der Waals surface area (Å²) in [6.45, 7) is 3.85. The van der Waals surface area contributed by atoms with Crippen molar-refractivity contribution in [1.82, 2.24) is 4.98 Å². The zero-order valence-corrected chi connectivity index (χ0v) is 21.4. The minimum atomic E-state index is -0.132. The first-order valence-corrected chi connectivity index (χ1v) is 12.0. The zero-order chi connectivity index (χ0) is 23.6. The van der Waals surface area contributed by atoms with Gasteiger partial charge in [0.25, 0.3) is 0 Å². The summed E-state index contributed by atoms with van der Waals surface area (Å²) in [5.74, 6) is -0.0957. The molecule has 0 spiro atoms. The van der Waals surface area contributed by atoms with E-state index in [2.05, 4.69) is 27.4 Å². The molecule has 0 fully saturated rings. The number of aryl methyl sites for hydroxylation is 2. The summed E-state index contributed by atoms with van der Waals surface area (Å²) in [5.41, 5.74) is 14.9. The highest BCUT2D eigenvalue weighted by Crippen LogP contribution is 2.28. The summed E-state index contributed by atoms with van der Waals surface area (Å²) in [6, 6.07) is 15.9. The van der Waals surface area contributed by atoms with Gasteiger partial charge in [-0.15, -0.1) is 23.7 Å². The Hall–Kier alpha value is -2.63. The van der Waals surface area contributed by atoms with Crippen LogP contribution in [0.1, 0.15) is 35.5 Å². The van der Waals surface area contributed by atoms with Crippen LogP contribution in [0.3, 0.4) is 0 Å².